The number of anilines is 1. The quantitative estimate of drug-likeness (QED) is 0.865. The van der Waals surface area contributed by atoms with E-state index in [0.29, 0.717) is 12.0 Å². The molecule has 110 valence electrons. The first-order chi connectivity index (χ1) is 9.47. The van der Waals surface area contributed by atoms with Crippen LogP contribution in [0.5, 0.6) is 0 Å². The van der Waals surface area contributed by atoms with Crippen LogP contribution in [-0.4, -0.2) is 23.5 Å². The summed E-state index contributed by atoms with van der Waals surface area (Å²) in [4.78, 5) is 14.3. The summed E-state index contributed by atoms with van der Waals surface area (Å²) in [6, 6.07) is 8.21. The van der Waals surface area contributed by atoms with Gasteiger partial charge in [-0.2, -0.15) is 0 Å². The minimum Gasteiger partial charge on any atom is -0.324 e. The molecule has 1 fully saturated rings. The number of urea groups is 1. The van der Waals surface area contributed by atoms with Crippen LogP contribution in [-0.2, 0) is 0 Å². The molecule has 1 atom stereocenters. The van der Waals surface area contributed by atoms with Crippen molar-refractivity contribution >= 4 is 11.7 Å². The summed E-state index contributed by atoms with van der Waals surface area (Å²) in [5, 5.41) is 2.98. The molecule has 0 aliphatic heterocycles. The molecule has 0 heterocycles. The molecule has 0 aromatic heterocycles. The third kappa shape index (κ3) is 3.97. The third-order valence-corrected chi connectivity index (χ3v) is 3.50. The lowest BCUT2D eigenvalue weighted by molar-refractivity contribution is 0.201. The van der Waals surface area contributed by atoms with Gasteiger partial charge in [-0.05, 0) is 43.4 Å². The summed E-state index contributed by atoms with van der Waals surface area (Å²) >= 11 is 0. The lowest BCUT2D eigenvalue weighted by atomic mass is 10.1. The van der Waals surface area contributed by atoms with E-state index < -0.39 is 0 Å². The number of nitrogens with zero attached hydrogens (tertiary/aromatic N) is 1. The summed E-state index contributed by atoms with van der Waals surface area (Å²) in [5.41, 5.74) is 7.72. The number of carbonyl (C=O) groups is 1. The largest absolute Gasteiger partial charge is 0.324 e. The Bertz CT molecular complexity index is 449. The maximum Gasteiger partial charge on any atom is 0.322 e. The zero-order chi connectivity index (χ0) is 14.7. The number of hydrogen-bond acceptors (Lipinski definition) is 2. The van der Waals surface area contributed by atoms with Gasteiger partial charge in [-0.25, -0.2) is 4.79 Å². The van der Waals surface area contributed by atoms with E-state index in [1.54, 1.807) is 0 Å². The fourth-order valence-corrected chi connectivity index (χ4v) is 2.24. The van der Waals surface area contributed by atoms with Crippen molar-refractivity contribution in [1.82, 2.24) is 4.90 Å². The van der Waals surface area contributed by atoms with E-state index in [4.69, 9.17) is 5.73 Å². The average Bonchev–Trinajstić information content (AvgIpc) is 3.20. The van der Waals surface area contributed by atoms with Crippen molar-refractivity contribution in [2.45, 2.75) is 45.7 Å². The van der Waals surface area contributed by atoms with Gasteiger partial charge >= 0.3 is 6.03 Å². The van der Waals surface area contributed by atoms with Gasteiger partial charge in [-0.3, -0.25) is 0 Å². The highest BCUT2D eigenvalue weighted by Gasteiger charge is 2.32. The molecule has 1 saturated carbocycles. The van der Waals surface area contributed by atoms with Crippen LogP contribution in [0.1, 0.15) is 45.2 Å². The minimum absolute atomic E-state index is 0.00902. The van der Waals surface area contributed by atoms with Crippen molar-refractivity contribution in [2.24, 2.45) is 11.7 Å². The normalized spacial score (nSPS) is 16.1. The molecule has 0 spiro atoms. The molecular formula is C16H25N3O. The predicted octanol–water partition coefficient (Wildman–Crippen LogP) is 3.36. The maximum absolute atomic E-state index is 12.3. The van der Waals surface area contributed by atoms with Crippen molar-refractivity contribution < 1.29 is 4.79 Å². The van der Waals surface area contributed by atoms with E-state index in [0.717, 1.165) is 30.6 Å². The molecule has 0 radical (unpaired) electrons. The minimum atomic E-state index is 0.00902. The Hall–Kier alpha value is -1.55. The Balaban J connectivity index is 1.98. The second-order valence-corrected chi connectivity index (χ2v) is 6.12. The molecule has 20 heavy (non-hydrogen) atoms. The number of amides is 2. The van der Waals surface area contributed by atoms with E-state index >= 15 is 0 Å². The molecule has 4 heteroatoms. The van der Waals surface area contributed by atoms with Crippen LogP contribution in [0.15, 0.2) is 24.3 Å². The maximum atomic E-state index is 12.3. The number of hydrogen-bond donors (Lipinski definition) is 2. The molecule has 1 aromatic carbocycles. The second-order valence-electron chi connectivity index (χ2n) is 6.12. The van der Waals surface area contributed by atoms with Gasteiger partial charge in [0.15, 0.2) is 0 Å². The SMILES string of the molecule is CC(C)CN(C(=O)Nc1ccc(C(C)N)cc1)C1CC1. The molecule has 1 unspecified atom stereocenters. The molecule has 1 aromatic rings. The smallest absolute Gasteiger partial charge is 0.322 e. The van der Waals surface area contributed by atoms with E-state index in [1.807, 2.05) is 36.1 Å². The topological polar surface area (TPSA) is 58.4 Å². The second kappa shape index (κ2) is 6.27. The highest BCUT2D eigenvalue weighted by Crippen LogP contribution is 2.28. The zero-order valence-electron chi connectivity index (χ0n) is 12.6. The lowest BCUT2D eigenvalue weighted by Gasteiger charge is -2.24. The monoisotopic (exact) mass is 275 g/mol. The van der Waals surface area contributed by atoms with Crippen LogP contribution in [0.4, 0.5) is 10.5 Å². The lowest BCUT2D eigenvalue weighted by Crippen LogP contribution is -2.39. The summed E-state index contributed by atoms with van der Waals surface area (Å²) < 4.78 is 0. The van der Waals surface area contributed by atoms with Crippen molar-refractivity contribution in [2.75, 3.05) is 11.9 Å². The number of rotatable bonds is 5. The van der Waals surface area contributed by atoms with Gasteiger partial charge in [-0.1, -0.05) is 26.0 Å². The van der Waals surface area contributed by atoms with Gasteiger partial charge in [0.2, 0.25) is 0 Å². The molecule has 3 N–H and O–H groups in total. The standard InChI is InChI=1S/C16H25N3O/c1-11(2)10-19(15-8-9-15)16(20)18-14-6-4-13(5-7-14)12(3)17/h4-7,11-12,15H,8-10,17H2,1-3H3,(H,18,20). The van der Waals surface area contributed by atoms with Crippen LogP contribution < -0.4 is 11.1 Å². The van der Waals surface area contributed by atoms with Gasteiger partial charge in [0.1, 0.15) is 0 Å². The third-order valence-electron chi connectivity index (χ3n) is 3.50. The summed E-state index contributed by atoms with van der Waals surface area (Å²) in [7, 11) is 0. The highest BCUT2D eigenvalue weighted by molar-refractivity contribution is 5.89. The van der Waals surface area contributed by atoms with E-state index in [1.165, 1.54) is 0 Å². The molecule has 4 nitrogen and oxygen atoms in total. The molecule has 0 bridgehead atoms. The Labute approximate surface area is 121 Å². The number of carbonyl (C=O) groups excluding carboxylic acids is 1. The summed E-state index contributed by atoms with van der Waals surface area (Å²) in [5.74, 6) is 0.488. The van der Waals surface area contributed by atoms with Gasteiger partial charge in [0.05, 0.1) is 0 Å². The van der Waals surface area contributed by atoms with E-state index in [9.17, 15) is 4.79 Å². The van der Waals surface area contributed by atoms with E-state index in [2.05, 4.69) is 19.2 Å². The Morgan fingerprint density at radius 1 is 1.30 bits per heavy atom. The Morgan fingerprint density at radius 3 is 2.35 bits per heavy atom. The van der Waals surface area contributed by atoms with Crippen LogP contribution in [0.2, 0.25) is 0 Å². The van der Waals surface area contributed by atoms with Crippen molar-refractivity contribution in [1.29, 1.82) is 0 Å². The summed E-state index contributed by atoms with van der Waals surface area (Å²) in [6.07, 6.45) is 2.26. The molecule has 2 amide bonds. The van der Waals surface area contributed by atoms with Gasteiger partial charge in [0, 0.05) is 24.3 Å². The number of nitrogens with one attached hydrogen (secondary N) is 1. The first-order valence-corrected chi connectivity index (χ1v) is 7.40. The molecule has 1 aliphatic rings. The Morgan fingerprint density at radius 2 is 1.90 bits per heavy atom. The first kappa shape index (κ1) is 14.9. The van der Waals surface area contributed by atoms with Crippen molar-refractivity contribution in [3.63, 3.8) is 0 Å². The van der Waals surface area contributed by atoms with Crippen LogP contribution in [0.3, 0.4) is 0 Å². The molecular weight excluding hydrogens is 250 g/mol. The fraction of sp³-hybridized carbons (Fsp3) is 0.562. The van der Waals surface area contributed by atoms with Gasteiger partial charge < -0.3 is 16.0 Å². The zero-order valence-corrected chi connectivity index (χ0v) is 12.6. The average molecular weight is 275 g/mol. The van der Waals surface area contributed by atoms with Crippen LogP contribution in [0.25, 0.3) is 0 Å². The van der Waals surface area contributed by atoms with Gasteiger partial charge in [-0.15, -0.1) is 0 Å². The summed E-state index contributed by atoms with van der Waals surface area (Å²) in [6.45, 7) is 7.04. The molecule has 0 saturated heterocycles. The van der Waals surface area contributed by atoms with E-state index in [-0.39, 0.29) is 12.1 Å². The first-order valence-electron chi connectivity index (χ1n) is 7.40. The van der Waals surface area contributed by atoms with Crippen LogP contribution >= 0.6 is 0 Å². The predicted molar refractivity (Wildman–Crippen MR) is 82.6 cm³/mol. The Kier molecular flexibility index (Phi) is 4.65. The number of benzene rings is 1. The molecule has 1 aliphatic carbocycles. The fourth-order valence-electron chi connectivity index (χ4n) is 2.24. The number of nitrogens with two attached hydrogens (primary N) is 1. The highest BCUT2D eigenvalue weighted by atomic mass is 16.2. The molecule has 2 rings (SSSR count). The van der Waals surface area contributed by atoms with Gasteiger partial charge in [0.25, 0.3) is 0 Å². The van der Waals surface area contributed by atoms with Crippen LogP contribution in [0, 0.1) is 5.92 Å². The van der Waals surface area contributed by atoms with Crippen molar-refractivity contribution in [3.8, 4) is 0 Å². The van der Waals surface area contributed by atoms with Crippen molar-refractivity contribution in [3.05, 3.63) is 29.8 Å².